The molecule has 2 heterocycles. The van der Waals surface area contributed by atoms with Gasteiger partial charge in [-0.1, -0.05) is 24.3 Å². The molecule has 0 bridgehead atoms. The fraction of sp³-hybridized carbons (Fsp3) is 0.500. The molecule has 1 aromatic carbocycles. The maximum absolute atomic E-state index is 13.2. The molecule has 132 valence electrons. The van der Waals surface area contributed by atoms with Crippen molar-refractivity contribution in [1.82, 2.24) is 15.2 Å². The van der Waals surface area contributed by atoms with Gasteiger partial charge in [-0.25, -0.2) is 4.98 Å². The first kappa shape index (κ1) is 16.7. The van der Waals surface area contributed by atoms with Crippen LogP contribution in [0.3, 0.4) is 0 Å². The Morgan fingerprint density at radius 3 is 3.00 bits per heavy atom. The molecule has 3 unspecified atom stereocenters. The Balaban J connectivity index is 1.55. The highest BCUT2D eigenvalue weighted by Crippen LogP contribution is 2.39. The van der Waals surface area contributed by atoms with Crippen LogP contribution in [0.5, 0.6) is 0 Å². The summed E-state index contributed by atoms with van der Waals surface area (Å²) in [5.41, 5.74) is 1.05. The van der Waals surface area contributed by atoms with Crippen LogP contribution in [0.4, 0.5) is 0 Å². The molecule has 4 rings (SSSR count). The van der Waals surface area contributed by atoms with Crippen molar-refractivity contribution in [2.45, 2.75) is 25.2 Å². The third-order valence-corrected chi connectivity index (χ3v) is 6.64. The van der Waals surface area contributed by atoms with Crippen molar-refractivity contribution in [1.29, 1.82) is 0 Å². The molecule has 2 aliphatic rings. The minimum atomic E-state index is 0.0406. The second-order valence-electron chi connectivity index (χ2n) is 7.17. The SMILES string of the molecule is CNCC1CCN(C(=O)C2CC=CCC2c2nc3ccccc3s2)C1. The second-order valence-corrected chi connectivity index (χ2v) is 8.23. The predicted octanol–water partition coefficient (Wildman–Crippen LogP) is 3.41. The van der Waals surface area contributed by atoms with E-state index in [0.29, 0.717) is 11.8 Å². The number of carbonyl (C=O) groups is 1. The normalized spacial score (nSPS) is 26.4. The van der Waals surface area contributed by atoms with E-state index in [4.69, 9.17) is 4.98 Å². The Morgan fingerprint density at radius 2 is 2.16 bits per heavy atom. The topological polar surface area (TPSA) is 45.2 Å². The van der Waals surface area contributed by atoms with Crippen LogP contribution < -0.4 is 5.32 Å². The molecule has 2 aromatic rings. The number of amides is 1. The molecule has 0 saturated carbocycles. The first-order chi connectivity index (χ1) is 12.3. The summed E-state index contributed by atoms with van der Waals surface area (Å²) >= 11 is 1.75. The van der Waals surface area contributed by atoms with Gasteiger partial charge in [0.25, 0.3) is 0 Å². The highest BCUT2D eigenvalue weighted by atomic mass is 32.1. The van der Waals surface area contributed by atoms with Gasteiger partial charge in [-0.2, -0.15) is 0 Å². The zero-order valence-corrected chi connectivity index (χ0v) is 15.5. The molecule has 4 nitrogen and oxygen atoms in total. The molecule has 5 heteroatoms. The van der Waals surface area contributed by atoms with Crippen LogP contribution >= 0.6 is 11.3 Å². The molecular weight excluding hydrogens is 330 g/mol. The number of nitrogens with zero attached hydrogens (tertiary/aromatic N) is 2. The number of benzene rings is 1. The number of fused-ring (bicyclic) bond motifs is 1. The van der Waals surface area contributed by atoms with Gasteiger partial charge in [0.15, 0.2) is 0 Å². The molecule has 25 heavy (non-hydrogen) atoms. The lowest BCUT2D eigenvalue weighted by Crippen LogP contribution is -2.38. The summed E-state index contributed by atoms with van der Waals surface area (Å²) in [4.78, 5) is 20.1. The van der Waals surface area contributed by atoms with E-state index in [-0.39, 0.29) is 11.8 Å². The van der Waals surface area contributed by atoms with E-state index >= 15 is 0 Å². The summed E-state index contributed by atoms with van der Waals surface area (Å²) in [6, 6.07) is 8.27. The third kappa shape index (κ3) is 3.35. The average molecular weight is 356 g/mol. The third-order valence-electron chi connectivity index (χ3n) is 5.47. The lowest BCUT2D eigenvalue weighted by atomic mass is 9.82. The van der Waals surface area contributed by atoms with Crippen LogP contribution in [0.2, 0.25) is 0 Å². The molecule has 1 N–H and O–H groups in total. The molecule has 0 spiro atoms. The van der Waals surface area contributed by atoms with Gasteiger partial charge in [0.1, 0.15) is 0 Å². The van der Waals surface area contributed by atoms with Gasteiger partial charge in [-0.15, -0.1) is 11.3 Å². The smallest absolute Gasteiger partial charge is 0.226 e. The first-order valence-corrected chi connectivity index (χ1v) is 10.0. The minimum absolute atomic E-state index is 0.0406. The van der Waals surface area contributed by atoms with Gasteiger partial charge in [0, 0.05) is 19.0 Å². The van der Waals surface area contributed by atoms with Crippen LogP contribution in [0.25, 0.3) is 10.2 Å². The fourth-order valence-corrected chi connectivity index (χ4v) is 5.28. The number of thiazole rings is 1. The van der Waals surface area contributed by atoms with Crippen molar-refractivity contribution in [3.8, 4) is 0 Å². The molecule has 1 aliphatic carbocycles. The largest absolute Gasteiger partial charge is 0.342 e. The van der Waals surface area contributed by atoms with Gasteiger partial charge in [0.2, 0.25) is 5.91 Å². The summed E-state index contributed by atoms with van der Waals surface area (Å²) in [6.45, 7) is 2.79. The zero-order valence-electron chi connectivity index (χ0n) is 14.6. The standard InChI is InChI=1S/C20H25N3OS/c1-21-12-14-10-11-23(13-14)20(24)16-7-3-2-6-15(16)19-22-17-8-4-5-9-18(17)25-19/h2-5,8-9,14-16,21H,6-7,10-13H2,1H3. The Hall–Kier alpha value is -1.72. The van der Waals surface area contributed by atoms with Crippen LogP contribution in [-0.4, -0.2) is 42.5 Å². The Morgan fingerprint density at radius 1 is 1.32 bits per heavy atom. The minimum Gasteiger partial charge on any atom is -0.342 e. The van der Waals surface area contributed by atoms with Crippen molar-refractivity contribution in [3.63, 3.8) is 0 Å². The van der Waals surface area contributed by atoms with Crippen molar-refractivity contribution in [3.05, 3.63) is 41.4 Å². The number of para-hydroxylation sites is 1. The molecule has 1 saturated heterocycles. The summed E-state index contributed by atoms with van der Waals surface area (Å²) in [5, 5.41) is 4.36. The van der Waals surface area contributed by atoms with E-state index < -0.39 is 0 Å². The van der Waals surface area contributed by atoms with E-state index in [1.807, 2.05) is 13.1 Å². The monoisotopic (exact) mass is 355 g/mol. The summed E-state index contributed by atoms with van der Waals surface area (Å²) in [6.07, 6.45) is 7.26. The predicted molar refractivity (Wildman–Crippen MR) is 103 cm³/mol. The van der Waals surface area contributed by atoms with Crippen molar-refractivity contribution in [2.24, 2.45) is 11.8 Å². The number of hydrogen-bond acceptors (Lipinski definition) is 4. The summed E-state index contributed by atoms with van der Waals surface area (Å²) in [5.74, 6) is 1.18. The van der Waals surface area contributed by atoms with Gasteiger partial charge in [-0.3, -0.25) is 4.79 Å². The molecular formula is C20H25N3OS. The van der Waals surface area contributed by atoms with E-state index in [2.05, 4.69) is 40.6 Å². The van der Waals surface area contributed by atoms with E-state index in [1.54, 1.807) is 11.3 Å². The second kappa shape index (κ2) is 7.26. The highest BCUT2D eigenvalue weighted by Gasteiger charge is 2.37. The number of allylic oxidation sites excluding steroid dienone is 2. The number of hydrogen-bond donors (Lipinski definition) is 1. The molecule has 1 aliphatic heterocycles. The van der Waals surface area contributed by atoms with Crippen LogP contribution in [0, 0.1) is 11.8 Å². The fourth-order valence-electron chi connectivity index (χ4n) is 4.13. The summed E-state index contributed by atoms with van der Waals surface area (Å²) < 4.78 is 1.22. The van der Waals surface area contributed by atoms with Gasteiger partial charge in [0.05, 0.1) is 21.1 Å². The Bertz CT molecular complexity index is 751. The van der Waals surface area contributed by atoms with Gasteiger partial charge < -0.3 is 10.2 Å². The highest BCUT2D eigenvalue weighted by molar-refractivity contribution is 7.18. The Labute approximate surface area is 152 Å². The van der Waals surface area contributed by atoms with E-state index in [9.17, 15) is 4.79 Å². The molecule has 1 amide bonds. The zero-order chi connectivity index (χ0) is 17.2. The quantitative estimate of drug-likeness (QED) is 0.855. The van der Waals surface area contributed by atoms with Crippen LogP contribution in [0.15, 0.2) is 36.4 Å². The van der Waals surface area contributed by atoms with Crippen molar-refractivity contribution < 1.29 is 4.79 Å². The molecule has 3 atom stereocenters. The Kier molecular flexibility index (Phi) is 4.86. The number of carbonyl (C=O) groups excluding carboxylic acids is 1. The summed E-state index contributed by atoms with van der Waals surface area (Å²) in [7, 11) is 1.99. The van der Waals surface area contributed by atoms with Crippen LogP contribution in [-0.2, 0) is 4.79 Å². The molecule has 1 fully saturated rings. The van der Waals surface area contributed by atoms with Gasteiger partial charge >= 0.3 is 0 Å². The van der Waals surface area contributed by atoms with Crippen molar-refractivity contribution in [2.75, 3.05) is 26.7 Å². The maximum Gasteiger partial charge on any atom is 0.226 e. The number of rotatable bonds is 4. The number of likely N-dealkylation sites (tertiary alicyclic amines) is 1. The molecule has 0 radical (unpaired) electrons. The number of nitrogens with one attached hydrogen (secondary N) is 1. The van der Waals surface area contributed by atoms with Gasteiger partial charge in [-0.05, 0) is 50.9 Å². The van der Waals surface area contributed by atoms with E-state index in [0.717, 1.165) is 49.4 Å². The van der Waals surface area contributed by atoms with E-state index in [1.165, 1.54) is 4.70 Å². The number of aromatic nitrogens is 1. The van der Waals surface area contributed by atoms with Crippen LogP contribution in [0.1, 0.15) is 30.2 Å². The van der Waals surface area contributed by atoms with Crippen molar-refractivity contribution >= 4 is 27.5 Å². The first-order valence-electron chi connectivity index (χ1n) is 9.20. The maximum atomic E-state index is 13.2. The lowest BCUT2D eigenvalue weighted by Gasteiger charge is -2.30. The molecule has 1 aromatic heterocycles. The lowest BCUT2D eigenvalue weighted by molar-refractivity contribution is -0.135. The average Bonchev–Trinajstić information content (AvgIpc) is 3.28.